The van der Waals surface area contributed by atoms with Crippen molar-refractivity contribution in [2.45, 2.75) is 44.2 Å². The summed E-state index contributed by atoms with van der Waals surface area (Å²) < 4.78 is 5.81. The molecule has 0 bridgehead atoms. The average molecular weight is 283 g/mol. The predicted octanol–water partition coefficient (Wildman–Crippen LogP) is 0.698. The molecular weight excluding hydrogens is 254 g/mol. The van der Waals surface area contributed by atoms with E-state index >= 15 is 0 Å². The van der Waals surface area contributed by atoms with Gasteiger partial charge in [-0.15, -0.1) is 0 Å². The fraction of sp³-hybridized carbons (Fsp3) is 0.933. The van der Waals surface area contributed by atoms with Crippen molar-refractivity contribution in [1.82, 2.24) is 15.1 Å². The molecule has 0 saturated carbocycles. The third-order valence-electron chi connectivity index (χ3n) is 4.50. The molecular formula is C15H29N3O2. The summed E-state index contributed by atoms with van der Waals surface area (Å²) in [4.78, 5) is 16.4. The molecule has 20 heavy (non-hydrogen) atoms. The maximum atomic E-state index is 12.2. The number of carbonyl (C=O) groups excluding carboxylic acids is 1. The maximum absolute atomic E-state index is 12.2. The normalized spacial score (nSPS) is 25.6. The van der Waals surface area contributed by atoms with Gasteiger partial charge in [-0.05, 0) is 52.4 Å². The van der Waals surface area contributed by atoms with Gasteiger partial charge in [-0.25, -0.2) is 0 Å². The number of hydrogen-bond acceptors (Lipinski definition) is 4. The molecule has 5 heteroatoms. The first-order valence-electron chi connectivity index (χ1n) is 7.93. The van der Waals surface area contributed by atoms with Gasteiger partial charge >= 0.3 is 0 Å². The Morgan fingerprint density at radius 3 is 2.80 bits per heavy atom. The van der Waals surface area contributed by atoms with E-state index in [9.17, 15) is 4.79 Å². The summed E-state index contributed by atoms with van der Waals surface area (Å²) in [6.45, 7) is 4.78. The van der Waals surface area contributed by atoms with Gasteiger partial charge in [0.05, 0.1) is 19.1 Å². The van der Waals surface area contributed by atoms with Crippen LogP contribution >= 0.6 is 0 Å². The SMILES string of the molecule is CN1CCCC(N(C)C(=O)CCOC2CCNCC2)C1. The predicted molar refractivity (Wildman–Crippen MR) is 79.7 cm³/mol. The van der Waals surface area contributed by atoms with Crippen LogP contribution in [0.15, 0.2) is 0 Å². The second-order valence-corrected chi connectivity index (χ2v) is 6.13. The quantitative estimate of drug-likeness (QED) is 0.807. The van der Waals surface area contributed by atoms with Gasteiger partial charge in [0, 0.05) is 19.6 Å². The molecule has 2 aliphatic heterocycles. The van der Waals surface area contributed by atoms with Crippen molar-refractivity contribution < 1.29 is 9.53 Å². The molecule has 1 N–H and O–H groups in total. The van der Waals surface area contributed by atoms with E-state index < -0.39 is 0 Å². The van der Waals surface area contributed by atoms with Crippen molar-refractivity contribution in [2.24, 2.45) is 0 Å². The molecule has 1 unspecified atom stereocenters. The van der Waals surface area contributed by atoms with Crippen LogP contribution in [-0.2, 0) is 9.53 Å². The van der Waals surface area contributed by atoms with Crippen molar-refractivity contribution in [3.8, 4) is 0 Å². The van der Waals surface area contributed by atoms with Crippen molar-refractivity contribution in [2.75, 3.05) is 46.9 Å². The highest BCUT2D eigenvalue weighted by atomic mass is 16.5. The zero-order valence-electron chi connectivity index (χ0n) is 12.9. The lowest BCUT2D eigenvalue weighted by Crippen LogP contribution is -2.47. The van der Waals surface area contributed by atoms with Gasteiger partial charge in [-0.2, -0.15) is 0 Å². The number of likely N-dealkylation sites (N-methyl/N-ethyl adjacent to an activating group) is 2. The van der Waals surface area contributed by atoms with E-state index in [0.29, 0.717) is 25.2 Å². The Labute approximate surface area is 122 Å². The van der Waals surface area contributed by atoms with E-state index in [0.717, 1.165) is 45.4 Å². The van der Waals surface area contributed by atoms with Gasteiger partial charge in [-0.1, -0.05) is 0 Å². The average Bonchev–Trinajstić information content (AvgIpc) is 2.47. The largest absolute Gasteiger partial charge is 0.378 e. The van der Waals surface area contributed by atoms with E-state index in [1.807, 2.05) is 11.9 Å². The Morgan fingerprint density at radius 1 is 1.35 bits per heavy atom. The topological polar surface area (TPSA) is 44.8 Å². The van der Waals surface area contributed by atoms with E-state index in [-0.39, 0.29) is 5.91 Å². The lowest BCUT2D eigenvalue weighted by atomic mass is 10.0. The molecule has 2 fully saturated rings. The van der Waals surface area contributed by atoms with Crippen LogP contribution < -0.4 is 5.32 Å². The molecule has 2 aliphatic rings. The standard InChI is InChI=1S/C15H29N3O2/c1-17-10-3-4-13(12-17)18(2)15(19)7-11-20-14-5-8-16-9-6-14/h13-14,16H,3-12H2,1-2H3. The second-order valence-electron chi connectivity index (χ2n) is 6.13. The fourth-order valence-corrected chi connectivity index (χ4v) is 3.11. The minimum absolute atomic E-state index is 0.222. The molecule has 1 atom stereocenters. The number of hydrogen-bond donors (Lipinski definition) is 1. The third kappa shape index (κ3) is 4.72. The molecule has 2 heterocycles. The van der Waals surface area contributed by atoms with Crippen LogP contribution in [0, 0.1) is 0 Å². The van der Waals surface area contributed by atoms with E-state index in [1.54, 1.807) is 0 Å². The van der Waals surface area contributed by atoms with Gasteiger partial charge in [0.15, 0.2) is 0 Å². The van der Waals surface area contributed by atoms with Crippen LogP contribution in [0.5, 0.6) is 0 Å². The molecule has 5 nitrogen and oxygen atoms in total. The first-order valence-corrected chi connectivity index (χ1v) is 7.93. The van der Waals surface area contributed by atoms with Crippen molar-refractivity contribution in [3.63, 3.8) is 0 Å². The smallest absolute Gasteiger partial charge is 0.224 e. The van der Waals surface area contributed by atoms with Crippen molar-refractivity contribution in [3.05, 3.63) is 0 Å². The lowest BCUT2D eigenvalue weighted by Gasteiger charge is -2.36. The molecule has 2 rings (SSSR count). The lowest BCUT2D eigenvalue weighted by molar-refractivity contribution is -0.134. The summed E-state index contributed by atoms with van der Waals surface area (Å²) in [5.41, 5.74) is 0. The number of amides is 1. The molecule has 0 aromatic rings. The minimum atomic E-state index is 0.222. The highest BCUT2D eigenvalue weighted by Gasteiger charge is 2.24. The maximum Gasteiger partial charge on any atom is 0.224 e. The highest BCUT2D eigenvalue weighted by Crippen LogP contribution is 2.14. The van der Waals surface area contributed by atoms with Crippen LogP contribution in [0.1, 0.15) is 32.1 Å². The molecule has 2 saturated heterocycles. The molecule has 0 radical (unpaired) electrons. The van der Waals surface area contributed by atoms with Gasteiger partial charge in [0.2, 0.25) is 5.91 Å². The zero-order valence-corrected chi connectivity index (χ0v) is 12.9. The molecule has 0 aromatic heterocycles. The summed E-state index contributed by atoms with van der Waals surface area (Å²) in [6.07, 6.45) is 5.30. The third-order valence-corrected chi connectivity index (χ3v) is 4.50. The van der Waals surface area contributed by atoms with Gasteiger partial charge in [0.1, 0.15) is 0 Å². The van der Waals surface area contributed by atoms with Crippen LogP contribution in [0.4, 0.5) is 0 Å². The summed E-state index contributed by atoms with van der Waals surface area (Å²) >= 11 is 0. The van der Waals surface area contributed by atoms with Crippen molar-refractivity contribution in [1.29, 1.82) is 0 Å². The first kappa shape index (κ1) is 15.7. The molecule has 1 amide bonds. The number of nitrogens with one attached hydrogen (secondary N) is 1. The van der Waals surface area contributed by atoms with E-state index in [4.69, 9.17) is 4.74 Å². The summed E-state index contributed by atoms with van der Waals surface area (Å²) in [7, 11) is 4.07. The Bertz CT molecular complexity index is 305. The fourth-order valence-electron chi connectivity index (χ4n) is 3.11. The Morgan fingerprint density at radius 2 is 2.10 bits per heavy atom. The zero-order chi connectivity index (χ0) is 14.4. The number of ether oxygens (including phenoxy) is 1. The summed E-state index contributed by atoms with van der Waals surface area (Å²) in [5, 5.41) is 3.32. The van der Waals surface area contributed by atoms with Crippen LogP contribution in [-0.4, -0.2) is 74.7 Å². The molecule has 0 aliphatic carbocycles. The first-order chi connectivity index (χ1) is 9.66. The van der Waals surface area contributed by atoms with Crippen LogP contribution in [0.2, 0.25) is 0 Å². The monoisotopic (exact) mass is 283 g/mol. The summed E-state index contributed by atoms with van der Waals surface area (Å²) in [5.74, 6) is 0.222. The van der Waals surface area contributed by atoms with Crippen molar-refractivity contribution >= 4 is 5.91 Å². The number of likely N-dealkylation sites (tertiary alicyclic amines) is 1. The Balaban J connectivity index is 1.65. The number of rotatable bonds is 5. The van der Waals surface area contributed by atoms with Crippen LogP contribution in [0.3, 0.4) is 0 Å². The number of nitrogens with zero attached hydrogens (tertiary/aromatic N) is 2. The number of piperidine rings is 2. The minimum Gasteiger partial charge on any atom is -0.378 e. The Kier molecular flexibility index (Phi) is 6.26. The van der Waals surface area contributed by atoms with Crippen LogP contribution in [0.25, 0.3) is 0 Å². The van der Waals surface area contributed by atoms with Gasteiger partial charge in [-0.3, -0.25) is 4.79 Å². The molecule has 0 spiro atoms. The van der Waals surface area contributed by atoms with E-state index in [2.05, 4.69) is 17.3 Å². The summed E-state index contributed by atoms with van der Waals surface area (Å²) in [6, 6.07) is 0.375. The van der Waals surface area contributed by atoms with Gasteiger partial charge < -0.3 is 19.9 Å². The number of carbonyl (C=O) groups is 1. The van der Waals surface area contributed by atoms with E-state index in [1.165, 1.54) is 6.42 Å². The van der Waals surface area contributed by atoms with Gasteiger partial charge in [0.25, 0.3) is 0 Å². The Hall–Kier alpha value is -0.650. The highest BCUT2D eigenvalue weighted by molar-refractivity contribution is 5.76. The molecule has 116 valence electrons. The second kappa shape index (κ2) is 7.96. The molecule has 0 aromatic carbocycles.